The summed E-state index contributed by atoms with van der Waals surface area (Å²) in [6.07, 6.45) is 13.4. The van der Waals surface area contributed by atoms with Gasteiger partial charge in [0.2, 0.25) is 0 Å². The van der Waals surface area contributed by atoms with Crippen molar-refractivity contribution in [1.82, 2.24) is 0 Å². The Bertz CT molecular complexity index is 807. The molecule has 5 rings (SSSR count). The van der Waals surface area contributed by atoms with E-state index in [2.05, 4.69) is 76.2 Å². The van der Waals surface area contributed by atoms with Gasteiger partial charge in [-0.25, -0.2) is 0 Å². The van der Waals surface area contributed by atoms with Crippen LogP contribution < -0.4 is 0 Å². The van der Waals surface area contributed by atoms with Crippen LogP contribution in [0.2, 0.25) is 0 Å². The fourth-order valence-corrected chi connectivity index (χ4v) is 11.7. The van der Waals surface area contributed by atoms with Gasteiger partial charge < -0.3 is 4.74 Å². The van der Waals surface area contributed by atoms with Crippen LogP contribution in [0.15, 0.2) is 0 Å². The van der Waals surface area contributed by atoms with Crippen molar-refractivity contribution in [3.05, 3.63) is 0 Å². The highest BCUT2D eigenvalue weighted by atomic mass is 16.6. The van der Waals surface area contributed by atoms with E-state index in [1.165, 1.54) is 57.8 Å². The van der Waals surface area contributed by atoms with Crippen molar-refractivity contribution in [1.29, 1.82) is 0 Å². The zero-order valence-electron chi connectivity index (χ0n) is 24.8. The standard InChI is InChI=1S/C33H58O/c1-21-20-25-31(9)17-12-22(2)29(5,6)24(31)14-19-32(25,10)33(11)18-13-23(27(21)33)28(3,4)16-15-26-30(7,8)34-26/h21-27H,12-20H2,1-11H3/t21?,22-,23?,24?,25?,26?,27+,31-,32+,33+/m0/s1. The summed E-state index contributed by atoms with van der Waals surface area (Å²) in [5.74, 6) is 5.32. The normalized spacial score (nSPS) is 53.6. The molecule has 196 valence electrons. The second kappa shape index (κ2) is 7.51. The molecule has 10 atom stereocenters. The monoisotopic (exact) mass is 470 g/mol. The van der Waals surface area contributed by atoms with Crippen LogP contribution in [0.5, 0.6) is 0 Å². The molecule has 0 aromatic heterocycles. The van der Waals surface area contributed by atoms with Gasteiger partial charge in [-0.05, 0) is 134 Å². The molecule has 5 fully saturated rings. The molecule has 1 nitrogen and oxygen atoms in total. The lowest BCUT2D eigenvalue weighted by Gasteiger charge is -2.71. The van der Waals surface area contributed by atoms with Crippen molar-refractivity contribution in [3.63, 3.8) is 0 Å². The van der Waals surface area contributed by atoms with Gasteiger partial charge in [0.1, 0.15) is 0 Å². The quantitative estimate of drug-likeness (QED) is 0.373. The molecule has 5 aliphatic rings. The Kier molecular flexibility index (Phi) is 5.65. The van der Waals surface area contributed by atoms with Gasteiger partial charge >= 0.3 is 0 Å². The maximum absolute atomic E-state index is 5.98. The molecule has 0 aromatic carbocycles. The maximum Gasteiger partial charge on any atom is 0.0892 e. The molecule has 0 spiro atoms. The molecule has 0 N–H and O–H groups in total. The van der Waals surface area contributed by atoms with Gasteiger partial charge in [-0.2, -0.15) is 0 Å². The number of epoxide rings is 1. The van der Waals surface area contributed by atoms with Gasteiger partial charge in [-0.1, -0.05) is 62.3 Å². The maximum atomic E-state index is 5.98. The Morgan fingerprint density at radius 1 is 0.794 bits per heavy atom. The summed E-state index contributed by atoms with van der Waals surface area (Å²) in [6.45, 7) is 28.6. The summed E-state index contributed by atoms with van der Waals surface area (Å²) in [5.41, 5.74) is 2.61. The van der Waals surface area contributed by atoms with E-state index in [0.29, 0.717) is 33.2 Å². The Morgan fingerprint density at radius 2 is 1.41 bits per heavy atom. The average molecular weight is 471 g/mol. The molecule has 0 bridgehead atoms. The number of rotatable bonds is 4. The topological polar surface area (TPSA) is 12.5 Å². The average Bonchev–Trinajstić information content (AvgIpc) is 3.15. The van der Waals surface area contributed by atoms with Crippen LogP contribution in [-0.4, -0.2) is 11.7 Å². The van der Waals surface area contributed by atoms with Gasteiger partial charge in [0.05, 0.1) is 11.7 Å². The Labute approximate surface area is 213 Å². The molecule has 0 amide bonds. The highest BCUT2D eigenvalue weighted by Crippen LogP contribution is 2.77. The third-order valence-corrected chi connectivity index (χ3v) is 14.5. The molecule has 1 heteroatoms. The summed E-state index contributed by atoms with van der Waals surface area (Å²) in [5, 5.41) is 0. The Morgan fingerprint density at radius 3 is 2.03 bits per heavy atom. The van der Waals surface area contributed by atoms with Crippen LogP contribution in [0.4, 0.5) is 0 Å². The van der Waals surface area contributed by atoms with Crippen LogP contribution in [0.1, 0.15) is 134 Å². The Balaban J connectivity index is 1.43. The van der Waals surface area contributed by atoms with Gasteiger partial charge in [-0.15, -0.1) is 0 Å². The van der Waals surface area contributed by atoms with Crippen molar-refractivity contribution in [2.45, 2.75) is 146 Å². The smallest absolute Gasteiger partial charge is 0.0892 e. The highest BCUT2D eigenvalue weighted by Gasteiger charge is 2.70. The Hall–Kier alpha value is -0.0400. The summed E-state index contributed by atoms with van der Waals surface area (Å²) >= 11 is 0. The highest BCUT2D eigenvalue weighted by molar-refractivity contribution is 5.18. The van der Waals surface area contributed by atoms with E-state index < -0.39 is 0 Å². The van der Waals surface area contributed by atoms with Gasteiger partial charge in [0.25, 0.3) is 0 Å². The molecule has 0 radical (unpaired) electrons. The third-order valence-electron chi connectivity index (χ3n) is 14.5. The van der Waals surface area contributed by atoms with Gasteiger partial charge in [-0.3, -0.25) is 0 Å². The summed E-state index contributed by atoms with van der Waals surface area (Å²) < 4.78 is 5.98. The predicted molar refractivity (Wildman–Crippen MR) is 145 cm³/mol. The molecular weight excluding hydrogens is 412 g/mol. The fraction of sp³-hybridized carbons (Fsp3) is 1.00. The molecule has 4 saturated carbocycles. The van der Waals surface area contributed by atoms with Gasteiger partial charge in [0.15, 0.2) is 0 Å². The minimum atomic E-state index is 0.137. The van der Waals surface area contributed by atoms with E-state index in [9.17, 15) is 0 Å². The second-order valence-electron chi connectivity index (χ2n) is 16.9. The van der Waals surface area contributed by atoms with Crippen molar-refractivity contribution >= 4 is 0 Å². The molecule has 0 aromatic rings. The minimum absolute atomic E-state index is 0.137. The van der Waals surface area contributed by atoms with Crippen molar-refractivity contribution in [3.8, 4) is 0 Å². The second-order valence-corrected chi connectivity index (χ2v) is 16.9. The first kappa shape index (κ1) is 25.6. The van der Waals surface area contributed by atoms with E-state index >= 15 is 0 Å². The SMILES string of the molecule is CC1CC2[C@@]3(C)CC[C@H](C)C(C)(C)C3CC[C@@]2(C)[C@]2(C)CCC(C(C)(C)CCC3OC3(C)C)[C@@H]12. The molecule has 1 aliphatic heterocycles. The summed E-state index contributed by atoms with van der Waals surface area (Å²) in [4.78, 5) is 0. The first-order valence-electron chi connectivity index (χ1n) is 15.2. The third kappa shape index (κ3) is 3.33. The molecular formula is C33H58O. The van der Waals surface area contributed by atoms with E-state index in [1.54, 1.807) is 0 Å². The lowest BCUT2D eigenvalue weighted by atomic mass is 9.34. The lowest BCUT2D eigenvalue weighted by Crippen LogP contribution is -2.64. The van der Waals surface area contributed by atoms with Crippen LogP contribution in [0, 0.1) is 62.6 Å². The number of hydrogen-bond acceptors (Lipinski definition) is 1. The summed E-state index contributed by atoms with van der Waals surface area (Å²) in [6, 6.07) is 0. The molecule has 4 aliphatic carbocycles. The predicted octanol–water partition coefficient (Wildman–Crippen LogP) is 9.54. The lowest BCUT2D eigenvalue weighted by molar-refractivity contribution is -0.225. The molecule has 34 heavy (non-hydrogen) atoms. The zero-order chi connectivity index (χ0) is 25.1. The first-order valence-corrected chi connectivity index (χ1v) is 15.2. The van der Waals surface area contributed by atoms with E-state index in [-0.39, 0.29) is 5.60 Å². The van der Waals surface area contributed by atoms with Crippen molar-refractivity contribution in [2.24, 2.45) is 62.6 Å². The molecule has 1 saturated heterocycles. The fourth-order valence-electron chi connectivity index (χ4n) is 11.7. The number of ether oxygens (including phenoxy) is 1. The van der Waals surface area contributed by atoms with E-state index in [0.717, 1.165) is 35.5 Å². The number of fused-ring (bicyclic) bond motifs is 5. The zero-order valence-corrected chi connectivity index (χ0v) is 24.8. The largest absolute Gasteiger partial charge is 0.367 e. The van der Waals surface area contributed by atoms with Crippen molar-refractivity contribution < 1.29 is 4.74 Å². The van der Waals surface area contributed by atoms with Crippen LogP contribution >= 0.6 is 0 Å². The van der Waals surface area contributed by atoms with E-state index in [1.807, 2.05) is 0 Å². The summed E-state index contributed by atoms with van der Waals surface area (Å²) in [7, 11) is 0. The first-order chi connectivity index (χ1) is 15.5. The molecule has 5 unspecified atom stereocenters. The van der Waals surface area contributed by atoms with Crippen molar-refractivity contribution in [2.75, 3.05) is 0 Å². The minimum Gasteiger partial charge on any atom is -0.367 e. The van der Waals surface area contributed by atoms with Crippen LogP contribution in [-0.2, 0) is 4.74 Å². The van der Waals surface area contributed by atoms with Gasteiger partial charge in [0, 0.05) is 0 Å². The van der Waals surface area contributed by atoms with Crippen LogP contribution in [0.25, 0.3) is 0 Å². The number of hydrogen-bond donors (Lipinski definition) is 0. The van der Waals surface area contributed by atoms with Crippen LogP contribution in [0.3, 0.4) is 0 Å². The molecule has 1 heterocycles. The van der Waals surface area contributed by atoms with E-state index in [4.69, 9.17) is 4.74 Å².